The van der Waals surface area contributed by atoms with Crippen LogP contribution in [-0.4, -0.2) is 51.8 Å². The van der Waals surface area contributed by atoms with Crippen LogP contribution < -0.4 is 5.32 Å². The molecule has 0 aromatic carbocycles. The minimum atomic E-state index is -1.03. The zero-order chi connectivity index (χ0) is 8.27. The van der Waals surface area contributed by atoms with E-state index >= 15 is 0 Å². The Hall–Kier alpha value is 0.190. The van der Waals surface area contributed by atoms with Crippen molar-refractivity contribution in [2.75, 3.05) is 18.9 Å². The lowest BCUT2D eigenvalue weighted by molar-refractivity contribution is -0.0170. The second-order valence-electron chi connectivity index (χ2n) is 2.49. The summed E-state index contributed by atoms with van der Waals surface area (Å²) < 4.78 is 0. The van der Waals surface area contributed by atoms with E-state index in [4.69, 9.17) is 10.2 Å². The molecule has 1 rings (SSSR count). The third-order valence-electron chi connectivity index (χ3n) is 1.64. The minimum Gasteiger partial charge on any atom is -0.394 e. The van der Waals surface area contributed by atoms with Crippen LogP contribution >= 0.6 is 11.8 Å². The molecule has 1 heterocycles. The Bertz CT molecular complexity index is 118. The van der Waals surface area contributed by atoms with Crippen LogP contribution in [-0.2, 0) is 0 Å². The summed E-state index contributed by atoms with van der Waals surface area (Å²) in [7, 11) is 0. The first-order valence-electron chi connectivity index (χ1n) is 3.57. The summed E-state index contributed by atoms with van der Waals surface area (Å²) in [5.41, 5.74) is 0. The van der Waals surface area contributed by atoms with Crippen molar-refractivity contribution in [3.63, 3.8) is 0 Å². The van der Waals surface area contributed by atoms with Crippen LogP contribution in [0, 0.1) is 0 Å². The molecule has 0 bridgehead atoms. The summed E-state index contributed by atoms with van der Waals surface area (Å²) >= 11 is 1.56. The van der Waals surface area contributed by atoms with Crippen LogP contribution in [0.25, 0.3) is 0 Å². The number of nitrogens with one attached hydrogen (secondary N) is 1. The van der Waals surface area contributed by atoms with Gasteiger partial charge in [-0.1, -0.05) is 0 Å². The molecule has 0 radical (unpaired) electrons. The topological polar surface area (TPSA) is 72.7 Å². The number of thioether (sulfide) groups is 1. The van der Waals surface area contributed by atoms with Gasteiger partial charge in [0.2, 0.25) is 0 Å². The molecule has 66 valence electrons. The summed E-state index contributed by atoms with van der Waals surface area (Å²) in [5.74, 6) is 0.944. The maximum Gasteiger partial charge on any atom is 0.107 e. The van der Waals surface area contributed by atoms with Crippen molar-refractivity contribution in [1.82, 2.24) is 5.32 Å². The molecular formula is C6H13NO3S. The Labute approximate surface area is 69.6 Å². The molecule has 1 aliphatic rings. The highest BCUT2D eigenvalue weighted by atomic mass is 32.2. The first-order chi connectivity index (χ1) is 5.25. The lowest BCUT2D eigenvalue weighted by atomic mass is 10.2. The molecule has 1 aliphatic heterocycles. The monoisotopic (exact) mass is 179 g/mol. The molecule has 4 N–H and O–H groups in total. The van der Waals surface area contributed by atoms with E-state index < -0.39 is 12.2 Å². The predicted octanol–water partition coefficient (Wildman–Crippen LogP) is -1.64. The number of hydrogen-bond donors (Lipinski definition) is 4. The van der Waals surface area contributed by atoms with Gasteiger partial charge in [-0.25, -0.2) is 0 Å². The van der Waals surface area contributed by atoms with Gasteiger partial charge in [-0.3, -0.25) is 0 Å². The summed E-state index contributed by atoms with van der Waals surface area (Å²) in [6.07, 6.45) is -1.90. The first kappa shape index (κ1) is 9.28. The van der Waals surface area contributed by atoms with Gasteiger partial charge in [0.05, 0.1) is 12.0 Å². The quantitative estimate of drug-likeness (QED) is 0.418. The van der Waals surface area contributed by atoms with E-state index in [2.05, 4.69) is 5.32 Å². The number of aliphatic hydroxyl groups excluding tert-OH is 3. The smallest absolute Gasteiger partial charge is 0.107 e. The molecule has 3 unspecified atom stereocenters. The lowest BCUT2D eigenvalue weighted by Crippen LogP contribution is -2.42. The molecular weight excluding hydrogens is 166 g/mol. The Morgan fingerprint density at radius 3 is 2.73 bits per heavy atom. The largest absolute Gasteiger partial charge is 0.394 e. The molecule has 0 aliphatic carbocycles. The highest BCUT2D eigenvalue weighted by molar-refractivity contribution is 8.00. The average Bonchev–Trinajstić information content (AvgIpc) is 2.53. The van der Waals surface area contributed by atoms with Crippen molar-refractivity contribution in [3.05, 3.63) is 0 Å². The molecule has 0 aromatic rings. The Kier molecular flexibility index (Phi) is 3.61. The van der Waals surface area contributed by atoms with E-state index in [0.717, 1.165) is 12.3 Å². The molecule has 1 saturated heterocycles. The highest BCUT2D eigenvalue weighted by Gasteiger charge is 2.28. The van der Waals surface area contributed by atoms with E-state index in [1.807, 2.05) is 0 Å². The number of aliphatic hydroxyl groups is 3. The molecule has 4 nitrogen and oxygen atoms in total. The van der Waals surface area contributed by atoms with E-state index in [1.165, 1.54) is 0 Å². The number of rotatable bonds is 3. The van der Waals surface area contributed by atoms with Gasteiger partial charge in [-0.2, -0.15) is 0 Å². The zero-order valence-corrected chi connectivity index (χ0v) is 6.92. The number of hydrogen-bond acceptors (Lipinski definition) is 5. The van der Waals surface area contributed by atoms with Crippen LogP contribution in [0.5, 0.6) is 0 Å². The van der Waals surface area contributed by atoms with E-state index in [0.29, 0.717) is 0 Å². The summed E-state index contributed by atoms with van der Waals surface area (Å²) in [4.78, 5) is 0. The molecule has 0 saturated carbocycles. The summed E-state index contributed by atoms with van der Waals surface area (Å²) in [6, 6.07) is 0. The fourth-order valence-electron chi connectivity index (χ4n) is 0.975. The molecule has 1 fully saturated rings. The molecule has 11 heavy (non-hydrogen) atoms. The normalized spacial score (nSPS) is 30.3. The van der Waals surface area contributed by atoms with Crippen LogP contribution in [0.1, 0.15) is 0 Å². The molecule has 3 atom stereocenters. The maximum absolute atomic E-state index is 9.32. The molecule has 5 heteroatoms. The van der Waals surface area contributed by atoms with E-state index in [-0.39, 0.29) is 12.0 Å². The predicted molar refractivity (Wildman–Crippen MR) is 43.3 cm³/mol. The second kappa shape index (κ2) is 4.27. The van der Waals surface area contributed by atoms with Crippen molar-refractivity contribution < 1.29 is 15.3 Å². The Morgan fingerprint density at radius 1 is 1.55 bits per heavy atom. The Balaban J connectivity index is 2.32. The Morgan fingerprint density at radius 2 is 2.27 bits per heavy atom. The molecule has 0 spiro atoms. The molecule has 0 aromatic heterocycles. The van der Waals surface area contributed by atoms with E-state index in [9.17, 15) is 5.11 Å². The fraction of sp³-hybridized carbons (Fsp3) is 1.00. The first-order valence-corrected chi connectivity index (χ1v) is 4.62. The van der Waals surface area contributed by atoms with Gasteiger partial charge < -0.3 is 20.6 Å². The average molecular weight is 179 g/mol. The van der Waals surface area contributed by atoms with Crippen molar-refractivity contribution in [2.24, 2.45) is 0 Å². The van der Waals surface area contributed by atoms with Crippen molar-refractivity contribution in [2.45, 2.75) is 17.6 Å². The van der Waals surface area contributed by atoms with Crippen LogP contribution in [0.15, 0.2) is 0 Å². The van der Waals surface area contributed by atoms with Gasteiger partial charge >= 0.3 is 0 Å². The zero-order valence-electron chi connectivity index (χ0n) is 6.10. The van der Waals surface area contributed by atoms with Crippen molar-refractivity contribution >= 4 is 11.8 Å². The fourth-order valence-corrected chi connectivity index (χ4v) is 2.08. The summed E-state index contributed by atoms with van der Waals surface area (Å²) in [5, 5.41) is 29.8. The van der Waals surface area contributed by atoms with Gasteiger partial charge in [0, 0.05) is 12.3 Å². The van der Waals surface area contributed by atoms with Gasteiger partial charge in [-0.05, 0) is 0 Å². The van der Waals surface area contributed by atoms with Crippen LogP contribution in [0.2, 0.25) is 0 Å². The molecule has 0 amide bonds. The standard InChI is InChI=1S/C6H13NO3S/c8-3-4(9)5(10)6-7-1-2-11-6/h4-10H,1-3H2. The second-order valence-corrected chi connectivity index (χ2v) is 3.74. The van der Waals surface area contributed by atoms with Gasteiger partial charge in [-0.15, -0.1) is 11.8 Å². The van der Waals surface area contributed by atoms with Crippen LogP contribution in [0.3, 0.4) is 0 Å². The highest BCUT2D eigenvalue weighted by Crippen LogP contribution is 2.18. The third kappa shape index (κ3) is 2.31. The van der Waals surface area contributed by atoms with Crippen molar-refractivity contribution in [1.29, 1.82) is 0 Å². The lowest BCUT2D eigenvalue weighted by Gasteiger charge is -2.21. The maximum atomic E-state index is 9.32. The van der Waals surface area contributed by atoms with Gasteiger partial charge in [0.25, 0.3) is 0 Å². The van der Waals surface area contributed by atoms with E-state index in [1.54, 1.807) is 11.8 Å². The summed E-state index contributed by atoms with van der Waals surface area (Å²) in [6.45, 7) is 0.463. The third-order valence-corrected chi connectivity index (χ3v) is 2.88. The van der Waals surface area contributed by atoms with Crippen LogP contribution in [0.4, 0.5) is 0 Å². The minimum absolute atomic E-state index is 0.128. The van der Waals surface area contributed by atoms with Gasteiger partial charge in [0.15, 0.2) is 0 Å². The SMILES string of the molecule is OCC(O)C(O)C1NCCS1. The van der Waals surface area contributed by atoms with Crippen molar-refractivity contribution in [3.8, 4) is 0 Å². The van der Waals surface area contributed by atoms with Gasteiger partial charge in [0.1, 0.15) is 12.2 Å².